The van der Waals surface area contributed by atoms with Crippen LogP contribution < -0.4 is 14.9 Å². The normalized spacial score (nSPS) is 24.6. The number of benzene rings is 1. The number of hydrogen-bond donors (Lipinski definition) is 3. The lowest BCUT2D eigenvalue weighted by Crippen LogP contribution is -2.46. The van der Waals surface area contributed by atoms with Gasteiger partial charge >= 0.3 is 19.7 Å². The Morgan fingerprint density at radius 2 is 2.14 bits per heavy atom. The molecule has 1 saturated heterocycles. The van der Waals surface area contributed by atoms with Crippen LogP contribution in [0.2, 0.25) is 0 Å². The summed E-state index contributed by atoms with van der Waals surface area (Å²) in [6.07, 6.45) is 4.14. The number of carbonyl (C=O) groups excluding carboxylic acids is 2. The summed E-state index contributed by atoms with van der Waals surface area (Å²) >= 11 is 3.18. The molecule has 2 amide bonds. The lowest BCUT2D eigenvalue weighted by molar-refractivity contribution is -0.142. The third-order valence-electron chi connectivity index (χ3n) is 5.38. The van der Waals surface area contributed by atoms with E-state index in [-0.39, 0.29) is 18.8 Å². The lowest BCUT2D eigenvalue weighted by Gasteiger charge is -2.30. The summed E-state index contributed by atoms with van der Waals surface area (Å²) in [7, 11) is -2.92. The Balaban J connectivity index is 1.71. The number of aliphatic hydroxyl groups is 1. The number of nitrogens with one attached hydrogen (secondary N) is 2. The predicted molar refractivity (Wildman–Crippen MR) is 139 cm³/mol. The molecule has 0 radical (unpaired) electrons. The molecule has 2 heterocycles. The number of urea groups is 1. The minimum atomic E-state index is -4.12. The predicted octanol–water partition coefficient (Wildman–Crippen LogP) is 3.70. The van der Waals surface area contributed by atoms with Crippen molar-refractivity contribution >= 4 is 35.7 Å². The molecule has 2 aliphatic rings. The number of amides is 2. The second-order valence-corrected chi connectivity index (χ2v) is 10.3. The highest BCUT2D eigenvalue weighted by atomic mass is 79.9. The van der Waals surface area contributed by atoms with E-state index in [1.54, 1.807) is 59.7 Å². The van der Waals surface area contributed by atoms with Crippen molar-refractivity contribution in [3.05, 3.63) is 77.6 Å². The molecular weight excluding hydrogens is 569 g/mol. The van der Waals surface area contributed by atoms with Crippen LogP contribution in [0.25, 0.3) is 0 Å². The molecule has 0 aromatic heterocycles. The number of nitrogens with zero attached hydrogens (tertiary/aromatic N) is 1. The van der Waals surface area contributed by atoms with Crippen LogP contribution in [0, 0.1) is 0 Å². The molecule has 37 heavy (non-hydrogen) atoms. The number of methoxy groups -OCH3 is 1. The summed E-state index contributed by atoms with van der Waals surface area (Å²) in [6, 6.07) is 6.80. The van der Waals surface area contributed by atoms with Crippen molar-refractivity contribution in [3.63, 3.8) is 0 Å². The van der Waals surface area contributed by atoms with Gasteiger partial charge in [0, 0.05) is 23.9 Å². The highest BCUT2D eigenvalue weighted by molar-refractivity contribution is 9.11. The van der Waals surface area contributed by atoms with Crippen LogP contribution in [0.1, 0.15) is 13.3 Å². The zero-order valence-electron chi connectivity index (χ0n) is 20.3. The minimum Gasteiger partial charge on any atom is -0.468 e. The molecule has 3 rings (SSSR count). The van der Waals surface area contributed by atoms with E-state index in [0.717, 1.165) is 0 Å². The second kappa shape index (κ2) is 13.2. The summed E-state index contributed by atoms with van der Waals surface area (Å²) < 4.78 is 35.2. The van der Waals surface area contributed by atoms with Crippen molar-refractivity contribution in [2.75, 3.05) is 13.7 Å². The van der Waals surface area contributed by atoms with Crippen LogP contribution >= 0.6 is 23.7 Å². The standard InChI is InChI=1S/C24H29BrN3O8P/c1-16-18(9-7-8-12-25)14-28(24(31)26-16)22-13-20(29)21(35-22)15-34-37(32,27-17(2)23(30)33-3)36-19-10-5-4-6-11-19/h4-12,14,17,20-22,29H,1,13,15H2,2-3H3,(H,26,31)(H,27,32)/b9-7+,12-8-/t17-,20?,21+,22?,37?/m0/s1. The van der Waals surface area contributed by atoms with Crippen molar-refractivity contribution in [2.24, 2.45) is 0 Å². The number of ether oxygens (including phenoxy) is 2. The smallest absolute Gasteiger partial charge is 0.459 e. The highest BCUT2D eigenvalue weighted by Crippen LogP contribution is 2.45. The molecule has 5 atom stereocenters. The van der Waals surface area contributed by atoms with Crippen LogP contribution in [0.5, 0.6) is 5.75 Å². The number of esters is 1. The van der Waals surface area contributed by atoms with E-state index in [9.17, 15) is 19.3 Å². The molecule has 0 bridgehead atoms. The summed E-state index contributed by atoms with van der Waals surface area (Å²) in [5.41, 5.74) is 1.06. The molecule has 0 saturated carbocycles. The molecule has 1 aromatic rings. The molecular formula is C24H29BrN3O8P. The molecule has 200 valence electrons. The van der Waals surface area contributed by atoms with Gasteiger partial charge in [0.25, 0.3) is 0 Å². The Morgan fingerprint density at radius 1 is 1.41 bits per heavy atom. The average Bonchev–Trinajstić information content (AvgIpc) is 3.24. The van der Waals surface area contributed by atoms with E-state index >= 15 is 0 Å². The average molecular weight is 598 g/mol. The maximum absolute atomic E-state index is 13.5. The van der Waals surface area contributed by atoms with E-state index < -0.39 is 44.2 Å². The van der Waals surface area contributed by atoms with Crippen molar-refractivity contribution in [2.45, 2.75) is 37.8 Å². The van der Waals surface area contributed by atoms with Crippen LogP contribution in [-0.4, -0.2) is 60.2 Å². The quantitative estimate of drug-likeness (QED) is 0.198. The van der Waals surface area contributed by atoms with Gasteiger partial charge in [-0.2, -0.15) is 5.09 Å². The van der Waals surface area contributed by atoms with Crippen molar-refractivity contribution in [1.82, 2.24) is 15.3 Å². The van der Waals surface area contributed by atoms with Gasteiger partial charge in [0.2, 0.25) is 0 Å². The number of hydrogen-bond acceptors (Lipinski definition) is 8. The van der Waals surface area contributed by atoms with Gasteiger partial charge in [0.15, 0.2) is 0 Å². The first kappa shape index (κ1) is 28.8. The molecule has 11 nitrogen and oxygen atoms in total. The van der Waals surface area contributed by atoms with E-state index in [1.165, 1.54) is 18.9 Å². The van der Waals surface area contributed by atoms with Gasteiger partial charge in [-0.05, 0) is 24.0 Å². The number of halogens is 1. The molecule has 1 fully saturated rings. The van der Waals surface area contributed by atoms with Gasteiger partial charge in [0.1, 0.15) is 24.1 Å². The van der Waals surface area contributed by atoms with Gasteiger partial charge in [-0.1, -0.05) is 58.9 Å². The largest absolute Gasteiger partial charge is 0.468 e. The van der Waals surface area contributed by atoms with Crippen molar-refractivity contribution in [1.29, 1.82) is 0 Å². The Kier molecular flexibility index (Phi) is 10.3. The fraction of sp³-hybridized carbons (Fsp3) is 0.333. The van der Waals surface area contributed by atoms with Crippen LogP contribution in [-0.2, 0) is 23.4 Å². The van der Waals surface area contributed by atoms with Crippen molar-refractivity contribution < 1.29 is 37.8 Å². The van der Waals surface area contributed by atoms with Gasteiger partial charge in [-0.3, -0.25) is 14.2 Å². The fourth-order valence-corrected chi connectivity index (χ4v) is 5.17. The van der Waals surface area contributed by atoms with E-state index in [4.69, 9.17) is 13.8 Å². The lowest BCUT2D eigenvalue weighted by atomic mass is 10.1. The summed E-state index contributed by atoms with van der Waals surface area (Å²) in [5, 5.41) is 15.8. The number of rotatable bonds is 11. The van der Waals surface area contributed by atoms with E-state index in [0.29, 0.717) is 11.3 Å². The third-order valence-corrected chi connectivity index (χ3v) is 7.33. The molecule has 1 aromatic carbocycles. The summed E-state index contributed by atoms with van der Waals surface area (Å²) in [5.74, 6) is -0.425. The number of allylic oxidation sites excluding steroid dienone is 3. The summed E-state index contributed by atoms with van der Waals surface area (Å²) in [4.78, 5) is 27.4. The number of para-hydroxylation sites is 1. The Hall–Kier alpha value is -2.73. The van der Waals surface area contributed by atoms with Crippen LogP contribution in [0.4, 0.5) is 4.79 Å². The zero-order valence-corrected chi connectivity index (χ0v) is 22.8. The van der Waals surface area contributed by atoms with Crippen LogP contribution in [0.15, 0.2) is 77.6 Å². The molecule has 0 spiro atoms. The summed E-state index contributed by atoms with van der Waals surface area (Å²) in [6.45, 7) is 4.94. The van der Waals surface area contributed by atoms with Gasteiger partial charge < -0.3 is 24.4 Å². The van der Waals surface area contributed by atoms with Crippen LogP contribution in [0.3, 0.4) is 0 Å². The van der Waals surface area contributed by atoms with E-state index in [2.05, 4.69) is 37.6 Å². The SMILES string of the molecule is C=C1NC(=O)N(C2CC(O)[C@@H](COP(=O)(N[C@@H](C)C(=O)OC)Oc3ccccc3)O2)C=C1/C=C/C=C\Br. The maximum Gasteiger partial charge on any atom is 0.459 e. The third kappa shape index (κ3) is 7.88. The van der Waals surface area contributed by atoms with Gasteiger partial charge in [-0.25, -0.2) is 9.36 Å². The highest BCUT2D eigenvalue weighted by Gasteiger charge is 2.42. The topological polar surface area (TPSA) is 136 Å². The molecule has 2 aliphatic heterocycles. The minimum absolute atomic E-state index is 0.0819. The van der Waals surface area contributed by atoms with E-state index in [1.807, 2.05) is 0 Å². The molecule has 3 unspecified atom stereocenters. The monoisotopic (exact) mass is 597 g/mol. The first-order valence-electron chi connectivity index (χ1n) is 11.3. The first-order valence-corrected chi connectivity index (χ1v) is 13.7. The second-order valence-electron chi connectivity index (χ2n) is 8.08. The van der Waals surface area contributed by atoms with Crippen molar-refractivity contribution in [3.8, 4) is 5.75 Å². The molecule has 3 N–H and O–H groups in total. The maximum atomic E-state index is 13.5. The molecule has 13 heteroatoms. The molecule has 0 aliphatic carbocycles. The Bertz CT molecular complexity index is 1130. The Labute approximate surface area is 223 Å². The fourth-order valence-electron chi connectivity index (χ4n) is 3.50. The first-order chi connectivity index (χ1) is 17.7. The Morgan fingerprint density at radius 3 is 2.81 bits per heavy atom. The zero-order chi connectivity index (χ0) is 27.0. The number of carbonyl (C=O) groups is 2. The number of aliphatic hydroxyl groups excluding tert-OH is 1. The van der Waals surface area contributed by atoms with Gasteiger partial charge in [-0.15, -0.1) is 0 Å². The van der Waals surface area contributed by atoms with Gasteiger partial charge in [0.05, 0.1) is 19.8 Å².